The summed E-state index contributed by atoms with van der Waals surface area (Å²) >= 11 is 1.53. The third-order valence-corrected chi connectivity index (χ3v) is 8.45. The molecule has 0 radical (unpaired) electrons. The number of para-hydroxylation sites is 3. The van der Waals surface area contributed by atoms with Gasteiger partial charge in [-0.25, -0.2) is 10.0 Å². The van der Waals surface area contributed by atoms with Gasteiger partial charge in [0.2, 0.25) is 5.66 Å². The first kappa shape index (κ1) is 27.5. The summed E-state index contributed by atoms with van der Waals surface area (Å²) < 4.78 is 5.59. The molecule has 0 aromatic heterocycles. The van der Waals surface area contributed by atoms with E-state index in [4.69, 9.17) is 14.8 Å². The van der Waals surface area contributed by atoms with Crippen molar-refractivity contribution in [3.63, 3.8) is 0 Å². The lowest BCUT2D eigenvalue weighted by atomic mass is 9.87. The molecule has 0 N–H and O–H groups in total. The SMILES string of the molecule is COC(=O)[C@@H]1/C(=C\C(C)C)SC(=Nc2ccccc2)[C@]12N(c1ccccc1)N=C(c1ccccc1)N2c1ccccc1. The van der Waals surface area contributed by atoms with Crippen LogP contribution >= 0.6 is 11.8 Å². The van der Waals surface area contributed by atoms with Crippen LogP contribution < -0.4 is 9.91 Å². The number of aliphatic imine (C=N–C) groups is 1. The summed E-state index contributed by atoms with van der Waals surface area (Å²) in [7, 11) is 1.45. The largest absolute Gasteiger partial charge is 0.468 e. The maximum Gasteiger partial charge on any atom is 0.318 e. The van der Waals surface area contributed by atoms with Crippen molar-refractivity contribution >= 4 is 45.7 Å². The maximum atomic E-state index is 14.1. The minimum absolute atomic E-state index is 0.194. The molecule has 6 rings (SSSR count). The second kappa shape index (κ2) is 11.7. The van der Waals surface area contributed by atoms with Crippen molar-refractivity contribution in [3.8, 4) is 0 Å². The van der Waals surface area contributed by atoms with Crippen LogP contribution in [0.25, 0.3) is 0 Å². The summed E-state index contributed by atoms with van der Waals surface area (Å²) in [4.78, 5) is 22.5. The van der Waals surface area contributed by atoms with Crippen LogP contribution in [0.3, 0.4) is 0 Å². The van der Waals surface area contributed by atoms with Crippen molar-refractivity contribution in [2.24, 2.45) is 21.9 Å². The number of hydrazone groups is 1. The van der Waals surface area contributed by atoms with Gasteiger partial charge in [-0.05, 0) is 42.3 Å². The first-order valence-electron chi connectivity index (χ1n) is 14.0. The molecule has 2 heterocycles. The number of esters is 1. The molecule has 2 atom stereocenters. The Morgan fingerprint density at radius 3 is 1.98 bits per heavy atom. The van der Waals surface area contributed by atoms with Crippen LogP contribution in [0.1, 0.15) is 19.4 Å². The van der Waals surface area contributed by atoms with Gasteiger partial charge in [-0.3, -0.25) is 9.69 Å². The monoisotopic (exact) mass is 572 g/mol. The molecule has 6 nitrogen and oxygen atoms in total. The highest BCUT2D eigenvalue weighted by atomic mass is 32.2. The standard InChI is InChI=1S/C35H32N4O2S/c1-25(2)24-30-31(33(40)41-3)35(34(42-30)36-27-18-10-5-11-19-27)38(28-20-12-6-13-21-28)32(26-16-8-4-9-17-26)37-39(35)29-22-14-7-15-23-29/h4-25,31H,1-3H3/b30-24+,36-34?/t31-,35+/m0/s1. The van der Waals surface area contributed by atoms with E-state index in [1.165, 1.54) is 18.9 Å². The molecule has 42 heavy (non-hydrogen) atoms. The number of thioether (sulfide) groups is 1. The van der Waals surface area contributed by atoms with Gasteiger partial charge in [-0.1, -0.05) is 117 Å². The van der Waals surface area contributed by atoms with E-state index in [9.17, 15) is 4.79 Å². The van der Waals surface area contributed by atoms with Crippen molar-refractivity contribution in [1.29, 1.82) is 0 Å². The fraction of sp³-hybridized carbons (Fsp3) is 0.171. The number of allylic oxidation sites excluding steroid dienone is 1. The van der Waals surface area contributed by atoms with E-state index in [0.29, 0.717) is 5.84 Å². The van der Waals surface area contributed by atoms with Gasteiger partial charge in [-0.15, -0.1) is 0 Å². The number of carbonyl (C=O) groups excluding carboxylic acids is 1. The highest BCUT2D eigenvalue weighted by Crippen LogP contribution is 2.56. The molecule has 7 heteroatoms. The molecule has 4 aromatic carbocycles. The van der Waals surface area contributed by atoms with Gasteiger partial charge in [0.25, 0.3) is 0 Å². The van der Waals surface area contributed by atoms with Crippen molar-refractivity contribution in [3.05, 3.63) is 138 Å². The summed E-state index contributed by atoms with van der Waals surface area (Å²) in [5.41, 5.74) is 2.25. The maximum absolute atomic E-state index is 14.1. The highest BCUT2D eigenvalue weighted by molar-refractivity contribution is 8.18. The number of anilines is 2. The predicted octanol–water partition coefficient (Wildman–Crippen LogP) is 7.88. The molecule has 2 aliphatic heterocycles. The summed E-state index contributed by atoms with van der Waals surface area (Å²) in [5, 5.41) is 8.05. The van der Waals surface area contributed by atoms with Crippen LogP contribution in [0.5, 0.6) is 0 Å². The van der Waals surface area contributed by atoms with Crippen LogP contribution in [-0.4, -0.2) is 29.6 Å². The van der Waals surface area contributed by atoms with Crippen molar-refractivity contribution < 1.29 is 9.53 Å². The number of ether oxygens (including phenoxy) is 1. The average Bonchev–Trinajstić information content (AvgIpc) is 3.53. The molecule has 0 aliphatic carbocycles. The smallest absolute Gasteiger partial charge is 0.318 e. The quantitative estimate of drug-likeness (QED) is 0.220. The molecule has 0 unspecified atom stereocenters. The molecule has 0 saturated carbocycles. The number of methoxy groups -OCH3 is 1. The van der Waals surface area contributed by atoms with E-state index in [-0.39, 0.29) is 11.9 Å². The van der Waals surface area contributed by atoms with E-state index in [2.05, 4.69) is 37.0 Å². The number of hydrogen-bond donors (Lipinski definition) is 0. The lowest BCUT2D eigenvalue weighted by molar-refractivity contribution is -0.144. The fourth-order valence-electron chi connectivity index (χ4n) is 5.55. The van der Waals surface area contributed by atoms with Gasteiger partial charge in [0.1, 0.15) is 11.0 Å². The third-order valence-electron chi connectivity index (χ3n) is 7.26. The number of hydrogen-bond acceptors (Lipinski definition) is 7. The minimum Gasteiger partial charge on any atom is -0.468 e. The second-order valence-electron chi connectivity index (χ2n) is 10.5. The lowest BCUT2D eigenvalue weighted by Crippen LogP contribution is -2.65. The van der Waals surface area contributed by atoms with Crippen LogP contribution in [0.15, 0.2) is 142 Å². The fourth-order valence-corrected chi connectivity index (χ4v) is 7.09. The molecule has 4 aromatic rings. The molecule has 0 bridgehead atoms. The Morgan fingerprint density at radius 2 is 1.40 bits per heavy atom. The Hall–Kier alpha value is -4.62. The molecule has 0 amide bonds. The van der Waals surface area contributed by atoms with Gasteiger partial charge in [-0.2, -0.15) is 5.10 Å². The van der Waals surface area contributed by atoms with E-state index in [1.54, 1.807) is 0 Å². The minimum atomic E-state index is -1.19. The first-order chi connectivity index (χ1) is 20.5. The van der Waals surface area contributed by atoms with Gasteiger partial charge in [0.05, 0.1) is 18.5 Å². The zero-order valence-electron chi connectivity index (χ0n) is 23.8. The van der Waals surface area contributed by atoms with Crippen LogP contribution in [0, 0.1) is 11.8 Å². The van der Waals surface area contributed by atoms with Crippen LogP contribution in [0.2, 0.25) is 0 Å². The molecule has 1 fully saturated rings. The van der Waals surface area contributed by atoms with Gasteiger partial charge in [0.15, 0.2) is 5.84 Å². The third kappa shape index (κ3) is 4.80. The lowest BCUT2D eigenvalue weighted by Gasteiger charge is -2.44. The Bertz CT molecular complexity index is 1640. The number of nitrogens with zero attached hydrogens (tertiary/aromatic N) is 4. The van der Waals surface area contributed by atoms with Crippen molar-refractivity contribution in [2.75, 3.05) is 17.0 Å². The first-order valence-corrected chi connectivity index (χ1v) is 14.8. The van der Waals surface area contributed by atoms with E-state index >= 15 is 0 Å². The molecular formula is C35H32N4O2S. The number of rotatable bonds is 6. The van der Waals surface area contributed by atoms with Crippen molar-refractivity contribution in [2.45, 2.75) is 19.5 Å². The highest BCUT2D eigenvalue weighted by Gasteiger charge is 2.67. The van der Waals surface area contributed by atoms with E-state index in [0.717, 1.165) is 32.6 Å². The van der Waals surface area contributed by atoms with Gasteiger partial charge < -0.3 is 4.74 Å². The average molecular weight is 573 g/mol. The molecule has 210 valence electrons. The second-order valence-corrected chi connectivity index (χ2v) is 11.5. The van der Waals surface area contributed by atoms with Crippen molar-refractivity contribution in [1.82, 2.24) is 0 Å². The van der Waals surface area contributed by atoms with Gasteiger partial charge in [0, 0.05) is 16.2 Å². The Kier molecular flexibility index (Phi) is 7.68. The molecular weight excluding hydrogens is 540 g/mol. The zero-order valence-corrected chi connectivity index (χ0v) is 24.6. The summed E-state index contributed by atoms with van der Waals surface area (Å²) in [6, 6.07) is 40.1. The molecule has 2 aliphatic rings. The van der Waals surface area contributed by atoms with Gasteiger partial charge >= 0.3 is 5.97 Å². The Balaban J connectivity index is 1.74. The Labute approximate surface area is 251 Å². The molecule has 1 saturated heterocycles. The zero-order chi connectivity index (χ0) is 29.1. The van der Waals surface area contributed by atoms with Crippen LogP contribution in [0.4, 0.5) is 17.1 Å². The van der Waals surface area contributed by atoms with E-state index in [1.807, 2.05) is 114 Å². The number of carbonyl (C=O) groups is 1. The number of benzene rings is 4. The summed E-state index contributed by atoms with van der Waals surface area (Å²) in [6.07, 6.45) is 2.15. The summed E-state index contributed by atoms with van der Waals surface area (Å²) in [5.74, 6) is -0.187. The van der Waals surface area contributed by atoms with E-state index < -0.39 is 11.6 Å². The normalized spacial score (nSPS) is 21.9. The number of amidine groups is 1. The molecule has 1 spiro atoms. The van der Waals surface area contributed by atoms with Crippen LogP contribution in [-0.2, 0) is 9.53 Å². The summed E-state index contributed by atoms with van der Waals surface area (Å²) in [6.45, 7) is 4.23. The Morgan fingerprint density at radius 1 is 0.857 bits per heavy atom. The topological polar surface area (TPSA) is 57.5 Å². The predicted molar refractivity (Wildman–Crippen MR) is 173 cm³/mol.